The van der Waals surface area contributed by atoms with Crippen molar-refractivity contribution >= 4 is 6.08 Å². The molecular formula is C20H16F5N3O2. The third kappa shape index (κ3) is 5.01. The lowest BCUT2D eigenvalue weighted by atomic mass is 9.82. The fourth-order valence-corrected chi connectivity index (χ4v) is 2.98. The number of hydrogen-bond acceptors (Lipinski definition) is 4. The maximum absolute atomic E-state index is 14.5. The average molecular weight is 425 g/mol. The summed E-state index contributed by atoms with van der Waals surface area (Å²) in [6.45, 7) is 1.52. The van der Waals surface area contributed by atoms with Crippen molar-refractivity contribution in [2.45, 2.75) is 25.3 Å². The number of rotatable bonds is 6. The van der Waals surface area contributed by atoms with Crippen molar-refractivity contribution in [2.75, 3.05) is 0 Å². The Balaban J connectivity index is 1.98. The molecule has 1 atom stereocenters. The molecule has 0 aliphatic rings. The Labute approximate surface area is 167 Å². The first-order valence-electron chi connectivity index (χ1n) is 8.65. The van der Waals surface area contributed by atoms with Crippen molar-refractivity contribution < 1.29 is 31.8 Å². The van der Waals surface area contributed by atoms with E-state index in [1.165, 1.54) is 31.3 Å². The Bertz CT molecular complexity index is 1030. The molecule has 2 N–H and O–H groups in total. The molecule has 0 spiro atoms. The normalized spacial score (nSPS) is 14.4. The molecule has 1 aromatic heterocycles. The van der Waals surface area contributed by atoms with Gasteiger partial charge in [-0.15, -0.1) is 18.3 Å². The zero-order valence-corrected chi connectivity index (χ0v) is 15.5. The molecule has 0 bridgehead atoms. The third-order valence-electron chi connectivity index (χ3n) is 4.43. The second-order valence-corrected chi connectivity index (χ2v) is 6.57. The molecule has 0 saturated heterocycles. The summed E-state index contributed by atoms with van der Waals surface area (Å²) in [5.74, 6) is -2.16. The predicted molar refractivity (Wildman–Crippen MR) is 97.1 cm³/mol. The molecule has 1 unspecified atom stereocenters. The van der Waals surface area contributed by atoms with Gasteiger partial charge in [0.05, 0.1) is 5.69 Å². The maximum Gasteiger partial charge on any atom is 0.573 e. The van der Waals surface area contributed by atoms with Gasteiger partial charge >= 0.3 is 6.36 Å². The van der Waals surface area contributed by atoms with Crippen LogP contribution >= 0.6 is 0 Å². The molecule has 0 aliphatic carbocycles. The Morgan fingerprint density at radius 2 is 1.83 bits per heavy atom. The fourth-order valence-electron chi connectivity index (χ4n) is 2.98. The van der Waals surface area contributed by atoms with Crippen molar-refractivity contribution in [3.05, 3.63) is 82.7 Å². The van der Waals surface area contributed by atoms with Crippen LogP contribution in [-0.4, -0.2) is 26.9 Å². The monoisotopic (exact) mass is 425 g/mol. The predicted octanol–water partition coefficient (Wildman–Crippen LogP) is 4.52. The van der Waals surface area contributed by atoms with E-state index in [4.69, 9.17) is 0 Å². The number of nitrogens with zero attached hydrogens (tertiary/aromatic N) is 2. The number of hydrogen-bond donors (Lipinski definition) is 2. The van der Waals surface area contributed by atoms with E-state index in [-0.39, 0.29) is 17.6 Å². The second-order valence-electron chi connectivity index (χ2n) is 6.57. The minimum Gasteiger partial charge on any atom is -0.406 e. The Hall–Kier alpha value is -3.27. The van der Waals surface area contributed by atoms with Gasteiger partial charge in [0.15, 0.2) is 0 Å². The summed E-state index contributed by atoms with van der Waals surface area (Å²) in [4.78, 5) is 0. The van der Waals surface area contributed by atoms with E-state index in [0.717, 1.165) is 24.3 Å². The molecule has 5 nitrogen and oxygen atoms in total. The Morgan fingerprint density at radius 3 is 2.40 bits per heavy atom. The summed E-state index contributed by atoms with van der Waals surface area (Å²) < 4.78 is 68.6. The molecule has 0 fully saturated rings. The summed E-state index contributed by atoms with van der Waals surface area (Å²) in [5.41, 5.74) is -1.10. The lowest BCUT2D eigenvalue weighted by Crippen LogP contribution is -2.31. The van der Waals surface area contributed by atoms with Crippen molar-refractivity contribution in [3.8, 4) is 5.75 Å². The largest absolute Gasteiger partial charge is 0.573 e. The molecule has 0 saturated carbocycles. The van der Waals surface area contributed by atoms with Crippen LogP contribution in [0.2, 0.25) is 0 Å². The van der Waals surface area contributed by atoms with Crippen LogP contribution in [0.5, 0.6) is 5.75 Å². The molecule has 0 amide bonds. The van der Waals surface area contributed by atoms with Crippen LogP contribution in [0.4, 0.5) is 22.0 Å². The number of aromatic amines is 1. The van der Waals surface area contributed by atoms with Crippen LogP contribution in [0.1, 0.15) is 23.7 Å². The molecule has 158 valence electrons. The first-order valence-corrected chi connectivity index (χ1v) is 8.65. The van der Waals surface area contributed by atoms with Crippen LogP contribution in [-0.2, 0) is 12.0 Å². The highest BCUT2D eigenvalue weighted by molar-refractivity contribution is 5.57. The van der Waals surface area contributed by atoms with Crippen LogP contribution in [0, 0.1) is 11.6 Å². The molecule has 3 aromatic rings. The summed E-state index contributed by atoms with van der Waals surface area (Å²) in [7, 11) is 0. The van der Waals surface area contributed by atoms with E-state index in [2.05, 4.69) is 20.1 Å². The number of aromatic nitrogens is 3. The average Bonchev–Trinajstić information content (AvgIpc) is 3.14. The minimum absolute atomic E-state index is 0.177. The summed E-state index contributed by atoms with van der Waals surface area (Å²) in [5, 5.41) is 21.2. The van der Waals surface area contributed by atoms with Crippen LogP contribution in [0.3, 0.4) is 0 Å². The van der Waals surface area contributed by atoms with Gasteiger partial charge in [-0.1, -0.05) is 23.4 Å². The molecular weight excluding hydrogens is 409 g/mol. The highest BCUT2D eigenvalue weighted by Crippen LogP contribution is 2.36. The fraction of sp³-hybridized carbons (Fsp3) is 0.200. The van der Waals surface area contributed by atoms with Gasteiger partial charge in [0, 0.05) is 24.2 Å². The van der Waals surface area contributed by atoms with Gasteiger partial charge in [-0.05, 0) is 42.3 Å². The number of aliphatic hydroxyl groups is 1. The Kier molecular flexibility index (Phi) is 5.88. The van der Waals surface area contributed by atoms with Crippen LogP contribution in [0.15, 0.2) is 54.2 Å². The smallest absolute Gasteiger partial charge is 0.406 e. The van der Waals surface area contributed by atoms with Gasteiger partial charge in [-0.25, -0.2) is 8.78 Å². The number of H-pyrrole nitrogens is 1. The molecule has 0 aliphatic heterocycles. The molecule has 0 radical (unpaired) electrons. The summed E-state index contributed by atoms with van der Waals surface area (Å²) in [6.07, 6.45) is -2.10. The van der Waals surface area contributed by atoms with Crippen molar-refractivity contribution in [1.82, 2.24) is 15.4 Å². The third-order valence-corrected chi connectivity index (χ3v) is 4.43. The Morgan fingerprint density at radius 1 is 1.13 bits per heavy atom. The second kappa shape index (κ2) is 8.23. The minimum atomic E-state index is -4.81. The summed E-state index contributed by atoms with van der Waals surface area (Å²) in [6, 6.07) is 7.72. The zero-order chi connectivity index (χ0) is 21.9. The molecule has 30 heavy (non-hydrogen) atoms. The van der Waals surface area contributed by atoms with Crippen molar-refractivity contribution in [3.63, 3.8) is 0 Å². The quantitative estimate of drug-likeness (QED) is 0.570. The van der Waals surface area contributed by atoms with Gasteiger partial charge in [0.25, 0.3) is 0 Å². The standard InChI is InChI=1S/C20H16F5N3O2/c1-12(8-13-2-5-16(6-3-13)30-20(23,24)25)19(29,10-15-11-26-28-27-15)17-7-4-14(21)9-18(17)22/h2-9,11,29H,10H2,1H3,(H,26,27,28). The SMILES string of the molecule is CC(=Cc1ccc(OC(F)(F)F)cc1)C(O)(Cc1c[nH]nn1)c1ccc(F)cc1F. The number of benzene rings is 2. The first-order chi connectivity index (χ1) is 14.1. The topological polar surface area (TPSA) is 71.0 Å². The van der Waals surface area contributed by atoms with E-state index >= 15 is 0 Å². The highest BCUT2D eigenvalue weighted by atomic mass is 19.4. The van der Waals surface area contributed by atoms with Crippen LogP contribution in [0.25, 0.3) is 6.08 Å². The molecule has 1 heterocycles. The van der Waals surface area contributed by atoms with Gasteiger partial charge < -0.3 is 9.84 Å². The molecule has 3 rings (SSSR count). The van der Waals surface area contributed by atoms with E-state index in [1.54, 1.807) is 0 Å². The van der Waals surface area contributed by atoms with Crippen LogP contribution < -0.4 is 4.74 Å². The lowest BCUT2D eigenvalue weighted by Gasteiger charge is -2.30. The lowest BCUT2D eigenvalue weighted by molar-refractivity contribution is -0.274. The van der Waals surface area contributed by atoms with E-state index in [1.807, 2.05) is 0 Å². The van der Waals surface area contributed by atoms with Crippen molar-refractivity contribution in [1.29, 1.82) is 0 Å². The van der Waals surface area contributed by atoms with Gasteiger partial charge in [-0.3, -0.25) is 5.10 Å². The maximum atomic E-state index is 14.5. The van der Waals surface area contributed by atoms with Gasteiger partial charge in [0.1, 0.15) is 23.0 Å². The highest BCUT2D eigenvalue weighted by Gasteiger charge is 2.35. The first kappa shape index (κ1) is 21.4. The van der Waals surface area contributed by atoms with Gasteiger partial charge in [-0.2, -0.15) is 0 Å². The number of halogens is 5. The van der Waals surface area contributed by atoms with E-state index in [9.17, 15) is 27.1 Å². The summed E-state index contributed by atoms with van der Waals surface area (Å²) >= 11 is 0. The molecule has 10 heteroatoms. The molecule has 2 aromatic carbocycles. The zero-order valence-electron chi connectivity index (χ0n) is 15.5. The number of nitrogens with one attached hydrogen (secondary N) is 1. The number of alkyl halides is 3. The number of ether oxygens (including phenoxy) is 1. The van der Waals surface area contributed by atoms with Gasteiger partial charge in [0.2, 0.25) is 0 Å². The van der Waals surface area contributed by atoms with E-state index < -0.39 is 29.3 Å². The van der Waals surface area contributed by atoms with E-state index in [0.29, 0.717) is 17.3 Å². The van der Waals surface area contributed by atoms with Crippen molar-refractivity contribution in [2.24, 2.45) is 0 Å².